The lowest BCUT2D eigenvalue weighted by Gasteiger charge is -2.33. The van der Waals surface area contributed by atoms with Gasteiger partial charge in [-0.1, -0.05) is 0 Å². The van der Waals surface area contributed by atoms with E-state index in [2.05, 4.69) is 10.1 Å². The van der Waals surface area contributed by atoms with Crippen molar-refractivity contribution in [2.75, 3.05) is 0 Å². The molecule has 19 heavy (non-hydrogen) atoms. The topological polar surface area (TPSA) is 54.8 Å². The van der Waals surface area contributed by atoms with Crippen LogP contribution in [0.4, 0.5) is 0 Å². The first kappa shape index (κ1) is 11.9. The molecule has 0 fully saturated rings. The fourth-order valence-electron chi connectivity index (χ4n) is 2.23. The average Bonchev–Trinajstić information content (AvgIpc) is 2.37. The second-order valence-corrected chi connectivity index (χ2v) is 5.13. The summed E-state index contributed by atoms with van der Waals surface area (Å²) in [6.45, 7) is 3.89. The second kappa shape index (κ2) is 4.19. The van der Waals surface area contributed by atoms with Gasteiger partial charge in [0.2, 0.25) is 5.91 Å². The minimum absolute atomic E-state index is 0.0111. The number of carbonyl (C=O) groups is 1. The van der Waals surface area contributed by atoms with E-state index in [0.29, 0.717) is 30.0 Å². The van der Waals surface area contributed by atoms with Crippen molar-refractivity contribution >= 4 is 17.8 Å². The Balaban J connectivity index is 2.12. The van der Waals surface area contributed by atoms with Crippen LogP contribution in [0.2, 0.25) is 0 Å². The number of hydrogen-bond donors (Lipinski definition) is 0. The van der Waals surface area contributed by atoms with Crippen molar-refractivity contribution in [1.29, 1.82) is 0 Å². The largest absolute Gasteiger partial charge is 0.481 e. The van der Waals surface area contributed by atoms with Gasteiger partial charge in [-0.25, -0.2) is 0 Å². The molecular formula is C14H15N3O2. The zero-order valence-electron chi connectivity index (χ0n) is 11.0. The third-order valence-electron chi connectivity index (χ3n) is 3.02. The SMILES string of the molecule is CC1(C)C=C(N2N=CCCC2=O)c2ncccc2O1. The van der Waals surface area contributed by atoms with Gasteiger partial charge in [0.1, 0.15) is 17.0 Å². The third kappa shape index (κ3) is 2.12. The van der Waals surface area contributed by atoms with Crippen molar-refractivity contribution in [2.45, 2.75) is 32.3 Å². The van der Waals surface area contributed by atoms with Gasteiger partial charge in [-0.3, -0.25) is 9.78 Å². The molecule has 0 saturated heterocycles. The van der Waals surface area contributed by atoms with E-state index in [9.17, 15) is 4.79 Å². The van der Waals surface area contributed by atoms with E-state index in [4.69, 9.17) is 4.74 Å². The molecule has 1 aromatic rings. The molecule has 0 bridgehead atoms. The summed E-state index contributed by atoms with van der Waals surface area (Å²) in [5.74, 6) is 0.668. The molecule has 2 aliphatic heterocycles. The number of ether oxygens (including phenoxy) is 1. The Kier molecular flexibility index (Phi) is 2.62. The van der Waals surface area contributed by atoms with Gasteiger partial charge in [0.25, 0.3) is 0 Å². The molecule has 1 aromatic heterocycles. The van der Waals surface area contributed by atoms with E-state index in [1.165, 1.54) is 5.01 Å². The molecule has 98 valence electrons. The van der Waals surface area contributed by atoms with Crippen LogP contribution in [0.1, 0.15) is 32.4 Å². The fourth-order valence-corrected chi connectivity index (χ4v) is 2.23. The van der Waals surface area contributed by atoms with Crippen molar-refractivity contribution < 1.29 is 9.53 Å². The van der Waals surface area contributed by atoms with Crippen molar-refractivity contribution in [3.63, 3.8) is 0 Å². The molecule has 0 atom stereocenters. The van der Waals surface area contributed by atoms with Gasteiger partial charge in [0, 0.05) is 18.8 Å². The van der Waals surface area contributed by atoms with Gasteiger partial charge in [0.15, 0.2) is 0 Å². The first-order valence-electron chi connectivity index (χ1n) is 6.29. The lowest BCUT2D eigenvalue weighted by atomic mass is 10.0. The number of aromatic nitrogens is 1. The van der Waals surface area contributed by atoms with Crippen molar-refractivity contribution in [3.8, 4) is 5.75 Å². The van der Waals surface area contributed by atoms with Gasteiger partial charge in [-0.2, -0.15) is 10.1 Å². The van der Waals surface area contributed by atoms with Crippen LogP contribution in [-0.2, 0) is 4.79 Å². The highest BCUT2D eigenvalue weighted by Crippen LogP contribution is 2.36. The summed E-state index contributed by atoms with van der Waals surface area (Å²) in [6, 6.07) is 3.67. The number of hydrogen-bond acceptors (Lipinski definition) is 4. The highest BCUT2D eigenvalue weighted by molar-refractivity contribution is 5.91. The molecule has 0 spiro atoms. The maximum Gasteiger partial charge on any atom is 0.247 e. The van der Waals surface area contributed by atoms with Crippen molar-refractivity contribution in [1.82, 2.24) is 9.99 Å². The molecule has 0 aliphatic carbocycles. The molecule has 5 nitrogen and oxygen atoms in total. The maximum absolute atomic E-state index is 12.0. The summed E-state index contributed by atoms with van der Waals surface area (Å²) < 4.78 is 5.85. The van der Waals surface area contributed by atoms with E-state index in [0.717, 1.165) is 0 Å². The predicted molar refractivity (Wildman–Crippen MR) is 71.5 cm³/mol. The monoisotopic (exact) mass is 257 g/mol. The standard InChI is InChI=1S/C14H15N3O2/c1-14(2)9-10(17-12(18)6-4-8-16-17)13-11(19-14)5-3-7-15-13/h3,5,7-9H,4,6H2,1-2H3. The number of carbonyl (C=O) groups excluding carboxylic acids is 1. The van der Waals surface area contributed by atoms with E-state index >= 15 is 0 Å². The van der Waals surface area contributed by atoms with E-state index in [1.807, 2.05) is 32.1 Å². The molecule has 3 rings (SSSR count). The number of amides is 1. The highest BCUT2D eigenvalue weighted by Gasteiger charge is 2.32. The Hall–Kier alpha value is -2.17. The minimum atomic E-state index is -0.487. The van der Waals surface area contributed by atoms with Gasteiger partial charge in [0.05, 0.1) is 5.70 Å². The van der Waals surface area contributed by atoms with Crippen LogP contribution in [0.25, 0.3) is 5.70 Å². The van der Waals surface area contributed by atoms with Gasteiger partial charge in [-0.15, -0.1) is 0 Å². The minimum Gasteiger partial charge on any atom is -0.481 e. The number of fused-ring (bicyclic) bond motifs is 1. The maximum atomic E-state index is 12.0. The summed E-state index contributed by atoms with van der Waals surface area (Å²) in [5, 5.41) is 5.62. The van der Waals surface area contributed by atoms with Crippen molar-refractivity contribution in [3.05, 3.63) is 30.1 Å². The molecule has 2 aliphatic rings. The lowest BCUT2D eigenvalue weighted by molar-refractivity contribution is -0.128. The van der Waals surface area contributed by atoms with Gasteiger partial charge in [-0.05, 0) is 38.5 Å². The van der Waals surface area contributed by atoms with E-state index < -0.39 is 5.60 Å². The molecule has 0 radical (unpaired) electrons. The molecule has 5 heteroatoms. The molecule has 0 N–H and O–H groups in total. The Bertz CT molecular complexity index is 590. The highest BCUT2D eigenvalue weighted by atomic mass is 16.5. The van der Waals surface area contributed by atoms with Crippen LogP contribution in [-0.4, -0.2) is 27.7 Å². The zero-order chi connectivity index (χ0) is 13.5. The van der Waals surface area contributed by atoms with Gasteiger partial charge >= 0.3 is 0 Å². The molecule has 0 unspecified atom stereocenters. The predicted octanol–water partition coefficient (Wildman–Crippen LogP) is 2.20. The van der Waals surface area contributed by atoms with Crippen LogP contribution < -0.4 is 4.74 Å². The van der Waals surface area contributed by atoms with Gasteiger partial charge < -0.3 is 4.74 Å². The first-order valence-corrected chi connectivity index (χ1v) is 6.29. The van der Waals surface area contributed by atoms with Crippen LogP contribution in [0.5, 0.6) is 5.75 Å². The lowest BCUT2D eigenvalue weighted by Crippen LogP contribution is -2.35. The second-order valence-electron chi connectivity index (χ2n) is 5.13. The third-order valence-corrected chi connectivity index (χ3v) is 3.02. The van der Waals surface area contributed by atoms with Crippen LogP contribution in [0.3, 0.4) is 0 Å². The summed E-state index contributed by atoms with van der Waals surface area (Å²) >= 11 is 0. The van der Waals surface area contributed by atoms with Crippen LogP contribution in [0, 0.1) is 0 Å². The Morgan fingerprint density at radius 1 is 1.42 bits per heavy atom. The van der Waals surface area contributed by atoms with Crippen LogP contribution >= 0.6 is 0 Å². The smallest absolute Gasteiger partial charge is 0.247 e. The molecule has 0 saturated carbocycles. The van der Waals surface area contributed by atoms with Crippen LogP contribution in [0.15, 0.2) is 29.5 Å². The Morgan fingerprint density at radius 3 is 3.05 bits per heavy atom. The quantitative estimate of drug-likeness (QED) is 0.775. The average molecular weight is 257 g/mol. The van der Waals surface area contributed by atoms with Crippen molar-refractivity contribution in [2.24, 2.45) is 5.10 Å². The molecule has 1 amide bonds. The summed E-state index contributed by atoms with van der Waals surface area (Å²) in [7, 11) is 0. The molecule has 3 heterocycles. The molecular weight excluding hydrogens is 242 g/mol. The molecule has 0 aromatic carbocycles. The fraction of sp³-hybridized carbons (Fsp3) is 0.357. The number of rotatable bonds is 1. The summed E-state index contributed by atoms with van der Waals surface area (Å²) in [5.41, 5.74) is 0.875. The summed E-state index contributed by atoms with van der Waals surface area (Å²) in [6.07, 6.45) is 6.50. The van der Waals surface area contributed by atoms with E-state index in [-0.39, 0.29) is 5.91 Å². The Morgan fingerprint density at radius 2 is 2.26 bits per heavy atom. The number of hydrazone groups is 1. The number of nitrogens with zero attached hydrogens (tertiary/aromatic N) is 3. The number of pyridine rings is 1. The Labute approximate surface area is 111 Å². The first-order chi connectivity index (χ1) is 9.07. The zero-order valence-corrected chi connectivity index (χ0v) is 11.0. The van der Waals surface area contributed by atoms with E-state index in [1.54, 1.807) is 12.4 Å². The summed E-state index contributed by atoms with van der Waals surface area (Å²) in [4.78, 5) is 16.3. The normalized spacial score (nSPS) is 20.6.